The largest absolute Gasteiger partial charge is 0.409 e. The molecule has 0 unspecified atom stereocenters. The molecule has 96 valence electrons. The van der Waals surface area contributed by atoms with E-state index in [2.05, 4.69) is 25.1 Å². The summed E-state index contributed by atoms with van der Waals surface area (Å²) in [6, 6.07) is 0. The Hall–Kier alpha value is -1.63. The summed E-state index contributed by atoms with van der Waals surface area (Å²) in [6.07, 6.45) is 3.06. The third-order valence-electron chi connectivity index (χ3n) is 2.65. The van der Waals surface area contributed by atoms with E-state index in [-0.39, 0.29) is 11.3 Å². The number of aromatic nitrogens is 2. The van der Waals surface area contributed by atoms with Crippen molar-refractivity contribution in [2.75, 3.05) is 6.54 Å². The molecule has 0 aliphatic heterocycles. The van der Waals surface area contributed by atoms with Crippen LogP contribution in [0.25, 0.3) is 0 Å². The summed E-state index contributed by atoms with van der Waals surface area (Å²) < 4.78 is 4.61. The second-order valence-corrected chi connectivity index (χ2v) is 4.50. The Morgan fingerprint density at radius 1 is 1.65 bits per heavy atom. The zero-order valence-electron chi connectivity index (χ0n) is 10.2. The maximum atomic E-state index is 8.62. The Bertz CT molecular complexity index is 348. The Balaban J connectivity index is 2.16. The molecule has 1 heterocycles. The summed E-state index contributed by atoms with van der Waals surface area (Å²) in [4.78, 5) is 3.89. The standard InChI is InChI=1S/C10H19N5O2/c1-10(2,9(11)14-16)4-3-5-12-6-8-13-7-17-15-8/h7,12,16H,3-6H2,1-2H3,(H2,11,14). The fourth-order valence-corrected chi connectivity index (χ4v) is 1.39. The summed E-state index contributed by atoms with van der Waals surface area (Å²) in [5.41, 5.74) is 5.30. The molecule has 7 heteroatoms. The Morgan fingerprint density at radius 3 is 3.00 bits per heavy atom. The fourth-order valence-electron chi connectivity index (χ4n) is 1.39. The van der Waals surface area contributed by atoms with Crippen molar-refractivity contribution < 1.29 is 9.73 Å². The van der Waals surface area contributed by atoms with Gasteiger partial charge in [0.05, 0.1) is 6.54 Å². The van der Waals surface area contributed by atoms with Gasteiger partial charge in [-0.3, -0.25) is 0 Å². The van der Waals surface area contributed by atoms with Gasteiger partial charge in [0.25, 0.3) is 0 Å². The molecule has 1 rings (SSSR count). The molecule has 0 atom stereocenters. The first-order valence-electron chi connectivity index (χ1n) is 5.50. The van der Waals surface area contributed by atoms with Gasteiger partial charge in [0.1, 0.15) is 5.84 Å². The van der Waals surface area contributed by atoms with Crippen molar-refractivity contribution in [1.29, 1.82) is 0 Å². The lowest BCUT2D eigenvalue weighted by Crippen LogP contribution is -2.32. The van der Waals surface area contributed by atoms with Crippen LogP contribution in [0.1, 0.15) is 32.5 Å². The normalized spacial score (nSPS) is 12.9. The highest BCUT2D eigenvalue weighted by Gasteiger charge is 2.22. The van der Waals surface area contributed by atoms with Gasteiger partial charge in [0.2, 0.25) is 6.39 Å². The van der Waals surface area contributed by atoms with Crippen LogP contribution in [-0.4, -0.2) is 27.7 Å². The summed E-state index contributed by atoms with van der Waals surface area (Å²) in [7, 11) is 0. The van der Waals surface area contributed by atoms with Crippen LogP contribution in [0.3, 0.4) is 0 Å². The molecule has 0 aliphatic rings. The highest BCUT2D eigenvalue weighted by molar-refractivity contribution is 5.85. The smallest absolute Gasteiger partial charge is 0.213 e. The van der Waals surface area contributed by atoms with Crippen molar-refractivity contribution in [3.05, 3.63) is 12.2 Å². The molecule has 0 amide bonds. The highest BCUT2D eigenvalue weighted by atomic mass is 16.5. The van der Waals surface area contributed by atoms with Gasteiger partial charge in [-0.1, -0.05) is 24.2 Å². The first-order valence-corrected chi connectivity index (χ1v) is 5.50. The molecular weight excluding hydrogens is 222 g/mol. The minimum absolute atomic E-state index is 0.260. The number of hydrogen-bond acceptors (Lipinski definition) is 6. The number of hydrogen-bond donors (Lipinski definition) is 3. The fraction of sp³-hybridized carbons (Fsp3) is 0.700. The summed E-state index contributed by atoms with van der Waals surface area (Å²) in [6.45, 7) is 5.29. The van der Waals surface area contributed by atoms with Crippen molar-refractivity contribution >= 4 is 5.84 Å². The number of oxime groups is 1. The summed E-state index contributed by atoms with van der Waals surface area (Å²) >= 11 is 0. The molecule has 1 aromatic rings. The zero-order valence-corrected chi connectivity index (χ0v) is 10.2. The van der Waals surface area contributed by atoms with Gasteiger partial charge in [-0.05, 0) is 19.4 Å². The molecule has 0 spiro atoms. The monoisotopic (exact) mass is 241 g/mol. The predicted molar refractivity (Wildman–Crippen MR) is 62.4 cm³/mol. The first-order chi connectivity index (χ1) is 8.06. The summed E-state index contributed by atoms with van der Waals surface area (Å²) in [5.74, 6) is 0.899. The third-order valence-corrected chi connectivity index (χ3v) is 2.65. The van der Waals surface area contributed by atoms with Gasteiger partial charge < -0.3 is 20.8 Å². The lowest BCUT2D eigenvalue weighted by molar-refractivity contribution is 0.304. The van der Waals surface area contributed by atoms with E-state index in [4.69, 9.17) is 10.9 Å². The van der Waals surface area contributed by atoms with Crippen LogP contribution >= 0.6 is 0 Å². The number of nitrogens with one attached hydrogen (secondary N) is 1. The van der Waals surface area contributed by atoms with Crippen LogP contribution in [-0.2, 0) is 6.54 Å². The average Bonchev–Trinajstić information content (AvgIpc) is 2.80. The second-order valence-electron chi connectivity index (χ2n) is 4.50. The van der Waals surface area contributed by atoms with E-state index < -0.39 is 0 Å². The first kappa shape index (κ1) is 13.4. The minimum Gasteiger partial charge on any atom is -0.409 e. The van der Waals surface area contributed by atoms with Gasteiger partial charge >= 0.3 is 0 Å². The van der Waals surface area contributed by atoms with Crippen molar-refractivity contribution in [2.45, 2.75) is 33.2 Å². The van der Waals surface area contributed by atoms with E-state index >= 15 is 0 Å². The van der Waals surface area contributed by atoms with Crippen LogP contribution in [0.2, 0.25) is 0 Å². The van der Waals surface area contributed by atoms with Crippen molar-refractivity contribution in [3.63, 3.8) is 0 Å². The molecule has 0 radical (unpaired) electrons. The zero-order chi connectivity index (χ0) is 12.7. The van der Waals surface area contributed by atoms with Gasteiger partial charge in [-0.25, -0.2) is 0 Å². The van der Waals surface area contributed by atoms with Gasteiger partial charge in [0, 0.05) is 5.41 Å². The van der Waals surface area contributed by atoms with E-state index in [0.717, 1.165) is 19.4 Å². The lowest BCUT2D eigenvalue weighted by atomic mass is 9.86. The molecule has 0 aromatic carbocycles. The molecule has 1 aromatic heterocycles. The molecular formula is C10H19N5O2. The van der Waals surface area contributed by atoms with E-state index in [1.807, 2.05) is 13.8 Å². The lowest BCUT2D eigenvalue weighted by Gasteiger charge is -2.22. The quantitative estimate of drug-likeness (QED) is 0.213. The van der Waals surface area contributed by atoms with Gasteiger partial charge in [-0.2, -0.15) is 4.98 Å². The van der Waals surface area contributed by atoms with Crippen molar-refractivity contribution in [2.24, 2.45) is 16.3 Å². The molecule has 0 saturated carbocycles. The maximum Gasteiger partial charge on any atom is 0.213 e. The minimum atomic E-state index is -0.289. The van der Waals surface area contributed by atoms with Gasteiger partial charge in [0.15, 0.2) is 5.82 Å². The Morgan fingerprint density at radius 2 is 2.41 bits per heavy atom. The maximum absolute atomic E-state index is 8.62. The number of nitrogens with zero attached hydrogens (tertiary/aromatic N) is 3. The molecule has 4 N–H and O–H groups in total. The van der Waals surface area contributed by atoms with Crippen LogP contribution in [0, 0.1) is 5.41 Å². The highest BCUT2D eigenvalue weighted by Crippen LogP contribution is 2.21. The van der Waals surface area contributed by atoms with E-state index in [1.165, 1.54) is 6.39 Å². The topological polar surface area (TPSA) is 110 Å². The van der Waals surface area contributed by atoms with E-state index in [9.17, 15) is 0 Å². The molecule has 0 aliphatic carbocycles. The van der Waals surface area contributed by atoms with Gasteiger partial charge in [-0.15, -0.1) is 0 Å². The van der Waals surface area contributed by atoms with Crippen molar-refractivity contribution in [1.82, 2.24) is 15.5 Å². The average molecular weight is 241 g/mol. The second kappa shape index (κ2) is 6.19. The molecule has 0 bridgehead atoms. The number of amidine groups is 1. The molecule has 17 heavy (non-hydrogen) atoms. The van der Waals surface area contributed by atoms with Crippen LogP contribution in [0.15, 0.2) is 16.1 Å². The molecule has 7 nitrogen and oxygen atoms in total. The van der Waals surface area contributed by atoms with Crippen molar-refractivity contribution in [3.8, 4) is 0 Å². The van der Waals surface area contributed by atoms with Crippen LogP contribution in [0.4, 0.5) is 0 Å². The SMILES string of the molecule is CC(C)(CCCNCc1ncon1)C(N)=NO. The van der Waals surface area contributed by atoms with Crippen LogP contribution in [0.5, 0.6) is 0 Å². The van der Waals surface area contributed by atoms with E-state index in [1.54, 1.807) is 0 Å². The molecule has 0 saturated heterocycles. The number of nitrogens with two attached hydrogens (primary N) is 1. The third kappa shape index (κ3) is 4.39. The predicted octanol–water partition coefficient (Wildman–Crippen LogP) is 0.712. The van der Waals surface area contributed by atoms with Crippen LogP contribution < -0.4 is 11.1 Å². The Kier molecular flexibility index (Phi) is 4.89. The summed E-state index contributed by atoms with van der Waals surface area (Å²) in [5, 5.41) is 18.5. The Labute approximate surface area is 100 Å². The molecule has 0 fully saturated rings. The number of rotatable bonds is 7. The van der Waals surface area contributed by atoms with E-state index in [0.29, 0.717) is 12.4 Å².